The number of aromatic nitrogens is 1. The van der Waals surface area contributed by atoms with E-state index in [2.05, 4.69) is 15.6 Å². The lowest BCUT2D eigenvalue weighted by Crippen LogP contribution is -2.45. The Bertz CT molecular complexity index is 1260. The van der Waals surface area contributed by atoms with Gasteiger partial charge in [-0.25, -0.2) is 8.42 Å². The lowest BCUT2D eigenvalue weighted by atomic mass is 10.1. The fourth-order valence-electron chi connectivity index (χ4n) is 3.47. The molecule has 3 rings (SSSR count). The summed E-state index contributed by atoms with van der Waals surface area (Å²) in [5, 5.41) is 5.50. The molecule has 1 atom stereocenters. The zero-order chi connectivity index (χ0) is 25.4. The van der Waals surface area contributed by atoms with E-state index < -0.39 is 22.0 Å². The van der Waals surface area contributed by atoms with Crippen LogP contribution >= 0.6 is 0 Å². The van der Waals surface area contributed by atoms with Crippen molar-refractivity contribution in [1.29, 1.82) is 0 Å². The molecule has 10 heteroatoms. The topological polar surface area (TPSA) is 118 Å². The highest BCUT2D eigenvalue weighted by Crippen LogP contribution is 2.25. The monoisotopic (exact) mass is 496 g/mol. The predicted molar refractivity (Wildman–Crippen MR) is 135 cm³/mol. The maximum absolute atomic E-state index is 13.1. The van der Waals surface area contributed by atoms with Crippen molar-refractivity contribution in [3.63, 3.8) is 0 Å². The Morgan fingerprint density at radius 2 is 1.77 bits per heavy atom. The van der Waals surface area contributed by atoms with Crippen molar-refractivity contribution in [3.8, 4) is 5.75 Å². The Hall–Kier alpha value is -3.92. The molecule has 0 spiro atoms. The largest absolute Gasteiger partial charge is 0.494 e. The van der Waals surface area contributed by atoms with Gasteiger partial charge < -0.3 is 15.4 Å². The predicted octanol–water partition coefficient (Wildman–Crippen LogP) is 3.20. The number of sulfonamides is 1. The van der Waals surface area contributed by atoms with Gasteiger partial charge in [0.1, 0.15) is 11.8 Å². The van der Waals surface area contributed by atoms with Crippen molar-refractivity contribution in [2.75, 3.05) is 22.5 Å². The Balaban J connectivity index is 1.78. The quantitative estimate of drug-likeness (QED) is 0.445. The van der Waals surface area contributed by atoms with Gasteiger partial charge in [0.15, 0.2) is 0 Å². The molecule has 35 heavy (non-hydrogen) atoms. The number of hydrogen-bond acceptors (Lipinski definition) is 6. The van der Waals surface area contributed by atoms with Gasteiger partial charge >= 0.3 is 0 Å². The van der Waals surface area contributed by atoms with E-state index >= 15 is 0 Å². The number of carbonyl (C=O) groups is 2. The highest BCUT2D eigenvalue weighted by atomic mass is 32.2. The number of pyridine rings is 1. The molecular weight excluding hydrogens is 468 g/mol. The molecule has 0 saturated heterocycles. The summed E-state index contributed by atoms with van der Waals surface area (Å²) in [6.07, 6.45) is 4.33. The van der Waals surface area contributed by atoms with Crippen molar-refractivity contribution in [2.45, 2.75) is 26.4 Å². The van der Waals surface area contributed by atoms with Crippen molar-refractivity contribution in [1.82, 2.24) is 10.3 Å². The number of nitrogens with zero attached hydrogens (tertiary/aromatic N) is 2. The number of ether oxygens (including phenoxy) is 1. The zero-order valence-electron chi connectivity index (χ0n) is 19.8. The number of anilines is 2. The Labute approximate surface area is 205 Å². The third-order valence-corrected chi connectivity index (χ3v) is 6.34. The summed E-state index contributed by atoms with van der Waals surface area (Å²) < 4.78 is 31.6. The second-order valence-corrected chi connectivity index (χ2v) is 9.60. The first-order valence-corrected chi connectivity index (χ1v) is 12.8. The molecule has 9 nitrogen and oxygen atoms in total. The Morgan fingerprint density at radius 3 is 2.40 bits per heavy atom. The van der Waals surface area contributed by atoms with Crippen LogP contribution in [0.2, 0.25) is 0 Å². The second kappa shape index (κ2) is 11.5. The van der Waals surface area contributed by atoms with Crippen LogP contribution in [0.25, 0.3) is 0 Å². The fraction of sp³-hybridized carbons (Fsp3) is 0.240. The van der Waals surface area contributed by atoms with E-state index in [0.717, 1.165) is 16.1 Å². The highest BCUT2D eigenvalue weighted by Gasteiger charge is 2.30. The van der Waals surface area contributed by atoms with Gasteiger partial charge in [0.05, 0.1) is 29.8 Å². The number of rotatable bonds is 10. The van der Waals surface area contributed by atoms with Crippen LogP contribution in [0.4, 0.5) is 11.4 Å². The molecule has 2 aromatic carbocycles. The van der Waals surface area contributed by atoms with Crippen LogP contribution in [0, 0.1) is 0 Å². The molecule has 184 valence electrons. The third kappa shape index (κ3) is 6.80. The summed E-state index contributed by atoms with van der Waals surface area (Å²) in [5.74, 6) is -0.381. The van der Waals surface area contributed by atoms with E-state index in [1.807, 2.05) is 13.0 Å². The van der Waals surface area contributed by atoms with Crippen LogP contribution in [0.5, 0.6) is 5.75 Å². The molecule has 1 heterocycles. The maximum atomic E-state index is 13.1. The van der Waals surface area contributed by atoms with Gasteiger partial charge in [0, 0.05) is 18.9 Å². The van der Waals surface area contributed by atoms with Crippen LogP contribution in [0.15, 0.2) is 73.1 Å². The number of nitrogens with one attached hydrogen (secondary N) is 2. The van der Waals surface area contributed by atoms with Crippen molar-refractivity contribution in [2.24, 2.45) is 0 Å². The first-order valence-electron chi connectivity index (χ1n) is 11.0. The first-order chi connectivity index (χ1) is 16.7. The minimum Gasteiger partial charge on any atom is -0.494 e. The van der Waals surface area contributed by atoms with Gasteiger partial charge in [0.2, 0.25) is 15.9 Å². The summed E-state index contributed by atoms with van der Waals surface area (Å²) in [4.78, 5) is 29.9. The summed E-state index contributed by atoms with van der Waals surface area (Å²) in [6.45, 7) is 4.08. The molecule has 0 unspecified atom stereocenters. The van der Waals surface area contributed by atoms with Crippen molar-refractivity contribution >= 4 is 33.2 Å². The van der Waals surface area contributed by atoms with Crippen LogP contribution in [-0.2, 0) is 21.4 Å². The minimum atomic E-state index is -3.80. The van der Waals surface area contributed by atoms with Gasteiger partial charge in [0.25, 0.3) is 5.91 Å². The smallest absolute Gasteiger partial charge is 0.253 e. The first kappa shape index (κ1) is 25.7. The fourth-order valence-corrected chi connectivity index (χ4v) is 4.65. The number of carbonyl (C=O) groups excluding carboxylic acids is 2. The zero-order valence-corrected chi connectivity index (χ0v) is 20.6. The molecule has 3 aromatic rings. The molecule has 0 fully saturated rings. The SMILES string of the molecule is CCOc1ccc(N([C@@H](C)C(=O)Nc2ccccc2C(=O)NCc2cccnc2)S(C)(=O)=O)cc1. The average Bonchev–Trinajstić information content (AvgIpc) is 2.84. The van der Waals surface area contributed by atoms with E-state index in [-0.39, 0.29) is 23.7 Å². The summed E-state index contributed by atoms with van der Waals surface area (Å²) in [5.41, 5.74) is 1.67. The van der Waals surface area contributed by atoms with Gasteiger partial charge in [-0.3, -0.25) is 18.9 Å². The number of amides is 2. The number of benzene rings is 2. The maximum Gasteiger partial charge on any atom is 0.253 e. The molecule has 0 bridgehead atoms. The number of para-hydroxylation sites is 1. The van der Waals surface area contributed by atoms with Crippen molar-refractivity contribution < 1.29 is 22.7 Å². The van der Waals surface area contributed by atoms with E-state index in [0.29, 0.717) is 18.0 Å². The van der Waals surface area contributed by atoms with Gasteiger partial charge in [-0.05, 0) is 61.9 Å². The molecule has 0 saturated carbocycles. The second-order valence-electron chi connectivity index (χ2n) is 7.74. The average molecular weight is 497 g/mol. The van der Waals surface area contributed by atoms with Crippen molar-refractivity contribution in [3.05, 3.63) is 84.2 Å². The standard InChI is InChI=1S/C25H28N4O5S/c1-4-34-21-13-11-20(12-14-21)29(35(3,32)33)18(2)24(30)28-23-10-6-5-9-22(23)25(31)27-17-19-8-7-15-26-16-19/h5-16,18H,4,17H2,1-3H3,(H,27,31)(H,28,30)/t18-/m0/s1. The molecule has 0 aliphatic heterocycles. The van der Waals surface area contributed by atoms with E-state index in [1.54, 1.807) is 67.0 Å². The van der Waals surface area contributed by atoms with Gasteiger partial charge in [-0.2, -0.15) is 0 Å². The summed E-state index contributed by atoms with van der Waals surface area (Å²) in [7, 11) is -3.80. The van der Waals surface area contributed by atoms with Gasteiger partial charge in [-0.15, -0.1) is 0 Å². The van der Waals surface area contributed by atoms with E-state index in [1.165, 1.54) is 6.92 Å². The molecule has 2 amide bonds. The van der Waals surface area contributed by atoms with Gasteiger partial charge in [-0.1, -0.05) is 18.2 Å². The lowest BCUT2D eigenvalue weighted by Gasteiger charge is -2.28. The molecule has 0 aliphatic rings. The normalized spacial score (nSPS) is 11.9. The van der Waals surface area contributed by atoms with E-state index in [4.69, 9.17) is 4.74 Å². The van der Waals surface area contributed by atoms with Crippen LogP contribution in [-0.4, -0.2) is 44.1 Å². The van der Waals surface area contributed by atoms with Crippen LogP contribution < -0.4 is 19.7 Å². The molecule has 1 aromatic heterocycles. The minimum absolute atomic E-state index is 0.254. The van der Waals surface area contributed by atoms with Crippen LogP contribution in [0.1, 0.15) is 29.8 Å². The molecular formula is C25H28N4O5S. The summed E-state index contributed by atoms with van der Waals surface area (Å²) >= 11 is 0. The molecule has 0 aliphatic carbocycles. The highest BCUT2D eigenvalue weighted by molar-refractivity contribution is 7.92. The van der Waals surface area contributed by atoms with E-state index in [9.17, 15) is 18.0 Å². The van der Waals surface area contributed by atoms with Crippen LogP contribution in [0.3, 0.4) is 0 Å². The third-order valence-electron chi connectivity index (χ3n) is 5.10. The number of hydrogen-bond donors (Lipinski definition) is 2. The molecule has 0 radical (unpaired) electrons. The Morgan fingerprint density at radius 1 is 1.06 bits per heavy atom. The molecule has 2 N–H and O–H groups in total. The Kier molecular flexibility index (Phi) is 8.43. The summed E-state index contributed by atoms with van der Waals surface area (Å²) in [6, 6.07) is 15.5. The lowest BCUT2D eigenvalue weighted by molar-refractivity contribution is -0.116.